The van der Waals surface area contributed by atoms with E-state index in [1.165, 1.54) is 0 Å². The Morgan fingerprint density at radius 1 is 1.30 bits per heavy atom. The van der Waals surface area contributed by atoms with Crippen LogP contribution in [0.1, 0.15) is 28.3 Å². The van der Waals surface area contributed by atoms with Gasteiger partial charge in [0.25, 0.3) is 5.91 Å². The van der Waals surface area contributed by atoms with E-state index in [-0.39, 0.29) is 5.91 Å². The maximum absolute atomic E-state index is 12.3. The molecule has 0 aliphatic heterocycles. The molecule has 0 saturated heterocycles. The van der Waals surface area contributed by atoms with Gasteiger partial charge in [-0.2, -0.15) is 0 Å². The van der Waals surface area contributed by atoms with E-state index in [0.717, 1.165) is 29.6 Å². The average molecular weight is 313 g/mol. The molecule has 0 unspecified atom stereocenters. The molecule has 2 aromatic heterocycles. The van der Waals surface area contributed by atoms with Gasteiger partial charge >= 0.3 is 0 Å². The summed E-state index contributed by atoms with van der Waals surface area (Å²) in [7, 11) is 1.60. The third-order valence-electron chi connectivity index (χ3n) is 3.82. The topological polar surface area (TPSA) is 64.6 Å². The quantitative estimate of drug-likeness (QED) is 0.705. The van der Waals surface area contributed by atoms with Crippen molar-refractivity contribution in [3.05, 3.63) is 53.7 Å². The van der Waals surface area contributed by atoms with Crippen LogP contribution in [0.2, 0.25) is 0 Å². The second kappa shape index (κ2) is 6.60. The van der Waals surface area contributed by atoms with E-state index < -0.39 is 0 Å². The summed E-state index contributed by atoms with van der Waals surface area (Å²) >= 11 is 0. The number of nitrogens with one attached hydrogen (secondary N) is 1. The van der Waals surface area contributed by atoms with Crippen LogP contribution in [-0.2, 0) is 6.42 Å². The van der Waals surface area contributed by atoms with E-state index in [2.05, 4.69) is 5.32 Å². The maximum Gasteiger partial charge on any atom is 0.287 e. The number of furan rings is 2. The number of amides is 1. The predicted octanol–water partition coefficient (Wildman–Crippen LogP) is 3.71. The molecule has 0 saturated carbocycles. The molecule has 2 heterocycles. The number of carbonyl (C=O) groups is 1. The fraction of sp³-hybridized carbons (Fsp3) is 0.278. The van der Waals surface area contributed by atoms with Crippen LogP contribution >= 0.6 is 0 Å². The van der Waals surface area contributed by atoms with Crippen molar-refractivity contribution in [1.82, 2.24) is 5.32 Å². The Morgan fingerprint density at radius 2 is 2.17 bits per heavy atom. The van der Waals surface area contributed by atoms with E-state index in [0.29, 0.717) is 23.6 Å². The molecule has 23 heavy (non-hydrogen) atoms. The first-order chi connectivity index (χ1) is 11.2. The van der Waals surface area contributed by atoms with Crippen LogP contribution in [0.5, 0.6) is 5.75 Å². The van der Waals surface area contributed by atoms with Crippen LogP contribution in [0.25, 0.3) is 11.0 Å². The van der Waals surface area contributed by atoms with Crippen molar-refractivity contribution in [2.45, 2.75) is 19.8 Å². The third kappa shape index (κ3) is 3.23. The van der Waals surface area contributed by atoms with Gasteiger partial charge < -0.3 is 18.9 Å². The van der Waals surface area contributed by atoms with Crippen LogP contribution in [0.3, 0.4) is 0 Å². The number of hydrogen-bond donors (Lipinski definition) is 1. The zero-order valence-corrected chi connectivity index (χ0v) is 13.2. The van der Waals surface area contributed by atoms with Gasteiger partial charge in [0.05, 0.1) is 13.4 Å². The molecule has 0 aliphatic carbocycles. The fourth-order valence-corrected chi connectivity index (χ4v) is 2.55. The Morgan fingerprint density at radius 3 is 2.91 bits per heavy atom. The van der Waals surface area contributed by atoms with Crippen LogP contribution in [0.4, 0.5) is 0 Å². The minimum atomic E-state index is -0.197. The summed E-state index contributed by atoms with van der Waals surface area (Å²) in [5.41, 5.74) is 1.49. The van der Waals surface area contributed by atoms with Gasteiger partial charge in [-0.25, -0.2) is 0 Å². The number of methoxy groups -OCH3 is 1. The van der Waals surface area contributed by atoms with Crippen molar-refractivity contribution < 1.29 is 18.4 Å². The SMILES string of the molecule is COc1ccc2c(C)c(C(=O)NCCCc3ccco3)oc2c1. The predicted molar refractivity (Wildman–Crippen MR) is 86.9 cm³/mol. The Bertz CT molecular complexity index is 802. The Kier molecular flexibility index (Phi) is 4.37. The van der Waals surface area contributed by atoms with Gasteiger partial charge in [-0.15, -0.1) is 0 Å². The van der Waals surface area contributed by atoms with E-state index in [4.69, 9.17) is 13.6 Å². The highest BCUT2D eigenvalue weighted by Crippen LogP contribution is 2.28. The second-order valence-corrected chi connectivity index (χ2v) is 5.36. The number of fused-ring (bicyclic) bond motifs is 1. The lowest BCUT2D eigenvalue weighted by atomic mass is 10.1. The van der Waals surface area contributed by atoms with E-state index in [1.54, 1.807) is 19.4 Å². The summed E-state index contributed by atoms with van der Waals surface area (Å²) in [5.74, 6) is 1.78. The summed E-state index contributed by atoms with van der Waals surface area (Å²) in [5, 5.41) is 3.81. The molecule has 0 bridgehead atoms. The first-order valence-electron chi connectivity index (χ1n) is 7.57. The standard InChI is InChI=1S/C18H19NO4/c1-12-15-8-7-14(21-2)11-16(15)23-17(12)18(20)19-9-3-5-13-6-4-10-22-13/h4,6-8,10-11H,3,5,9H2,1-2H3,(H,19,20). The van der Waals surface area contributed by atoms with Gasteiger partial charge in [0.2, 0.25) is 0 Å². The highest BCUT2D eigenvalue weighted by atomic mass is 16.5. The molecule has 0 aliphatic rings. The van der Waals surface area contributed by atoms with E-state index >= 15 is 0 Å². The molecule has 120 valence electrons. The lowest BCUT2D eigenvalue weighted by Gasteiger charge is -2.02. The van der Waals surface area contributed by atoms with Gasteiger partial charge in [-0.3, -0.25) is 4.79 Å². The third-order valence-corrected chi connectivity index (χ3v) is 3.82. The van der Waals surface area contributed by atoms with Gasteiger partial charge in [0.15, 0.2) is 5.76 Å². The van der Waals surface area contributed by atoms with E-state index in [1.807, 2.05) is 31.2 Å². The smallest absolute Gasteiger partial charge is 0.287 e. The highest BCUT2D eigenvalue weighted by molar-refractivity contribution is 5.99. The molecule has 5 heteroatoms. The lowest BCUT2D eigenvalue weighted by molar-refractivity contribution is 0.0926. The molecule has 0 fully saturated rings. The summed E-state index contributed by atoms with van der Waals surface area (Å²) < 4.78 is 16.1. The molecule has 0 spiro atoms. The van der Waals surface area contributed by atoms with Crippen molar-refractivity contribution in [3.8, 4) is 5.75 Å². The first-order valence-corrected chi connectivity index (χ1v) is 7.57. The molecule has 1 amide bonds. The first kappa shape index (κ1) is 15.2. The zero-order valence-electron chi connectivity index (χ0n) is 13.2. The van der Waals surface area contributed by atoms with Crippen molar-refractivity contribution >= 4 is 16.9 Å². The normalized spacial score (nSPS) is 10.9. The largest absolute Gasteiger partial charge is 0.497 e. The molecule has 0 atom stereocenters. The average Bonchev–Trinajstić information content (AvgIpc) is 3.19. The second-order valence-electron chi connectivity index (χ2n) is 5.36. The minimum absolute atomic E-state index is 0.197. The number of carbonyl (C=O) groups excluding carboxylic acids is 1. The number of ether oxygens (including phenoxy) is 1. The number of hydrogen-bond acceptors (Lipinski definition) is 4. The number of rotatable bonds is 6. The van der Waals surface area contributed by atoms with Gasteiger partial charge in [-0.1, -0.05) is 0 Å². The van der Waals surface area contributed by atoms with Crippen molar-refractivity contribution in [1.29, 1.82) is 0 Å². The molecular formula is C18H19NO4. The Balaban J connectivity index is 1.64. The van der Waals surface area contributed by atoms with Crippen LogP contribution in [0.15, 0.2) is 45.4 Å². The minimum Gasteiger partial charge on any atom is -0.497 e. The van der Waals surface area contributed by atoms with Crippen molar-refractivity contribution in [3.63, 3.8) is 0 Å². The Labute approximate surface area is 134 Å². The summed E-state index contributed by atoms with van der Waals surface area (Å²) in [4.78, 5) is 12.3. The molecule has 1 aromatic carbocycles. The van der Waals surface area contributed by atoms with Crippen LogP contribution in [-0.4, -0.2) is 19.6 Å². The zero-order chi connectivity index (χ0) is 16.2. The van der Waals surface area contributed by atoms with Crippen LogP contribution < -0.4 is 10.1 Å². The van der Waals surface area contributed by atoms with Crippen molar-refractivity contribution in [2.75, 3.05) is 13.7 Å². The number of benzene rings is 1. The highest BCUT2D eigenvalue weighted by Gasteiger charge is 2.17. The monoisotopic (exact) mass is 313 g/mol. The van der Waals surface area contributed by atoms with Crippen LogP contribution in [0, 0.1) is 6.92 Å². The van der Waals surface area contributed by atoms with E-state index in [9.17, 15) is 4.79 Å². The molecule has 3 rings (SSSR count). The molecule has 5 nitrogen and oxygen atoms in total. The molecular weight excluding hydrogens is 294 g/mol. The molecule has 1 N–H and O–H groups in total. The lowest BCUT2D eigenvalue weighted by Crippen LogP contribution is -2.24. The Hall–Kier alpha value is -2.69. The van der Waals surface area contributed by atoms with Crippen molar-refractivity contribution in [2.24, 2.45) is 0 Å². The number of aryl methyl sites for hydroxylation is 2. The van der Waals surface area contributed by atoms with Gasteiger partial charge in [0.1, 0.15) is 17.1 Å². The van der Waals surface area contributed by atoms with Gasteiger partial charge in [0, 0.05) is 30.0 Å². The molecule has 3 aromatic rings. The molecule has 0 radical (unpaired) electrons. The maximum atomic E-state index is 12.3. The fourth-order valence-electron chi connectivity index (χ4n) is 2.55. The summed E-state index contributed by atoms with van der Waals surface area (Å²) in [6, 6.07) is 9.34. The van der Waals surface area contributed by atoms with Gasteiger partial charge in [-0.05, 0) is 37.6 Å². The summed E-state index contributed by atoms with van der Waals surface area (Å²) in [6.07, 6.45) is 3.26. The summed E-state index contributed by atoms with van der Waals surface area (Å²) in [6.45, 7) is 2.45.